The summed E-state index contributed by atoms with van der Waals surface area (Å²) in [5, 5.41) is 0. The molecule has 104 valence electrons. The minimum absolute atomic E-state index is 0.115. The molecule has 0 amide bonds. The first-order chi connectivity index (χ1) is 9.11. The molecule has 0 aliphatic carbocycles. The topological polar surface area (TPSA) is 38.8 Å². The third-order valence-electron chi connectivity index (χ3n) is 3.55. The van der Waals surface area contributed by atoms with Crippen molar-refractivity contribution in [2.75, 3.05) is 20.4 Å². The van der Waals surface area contributed by atoms with Crippen LogP contribution in [0.2, 0.25) is 0 Å². The smallest absolute Gasteiger partial charge is 0.231 e. The SMILES string of the molecule is CCCC(C)N(C)CC(=O)c1ccc2c(c1)OCO2. The molecule has 4 heteroatoms. The Labute approximate surface area is 114 Å². The Morgan fingerprint density at radius 2 is 2.11 bits per heavy atom. The van der Waals surface area contributed by atoms with E-state index in [0.29, 0.717) is 29.6 Å². The summed E-state index contributed by atoms with van der Waals surface area (Å²) in [5.41, 5.74) is 0.680. The zero-order valence-corrected chi connectivity index (χ0v) is 11.8. The summed E-state index contributed by atoms with van der Waals surface area (Å²) in [6, 6.07) is 5.78. The average Bonchev–Trinajstić information content (AvgIpc) is 2.85. The number of carbonyl (C=O) groups excluding carboxylic acids is 1. The summed E-state index contributed by atoms with van der Waals surface area (Å²) in [7, 11) is 1.99. The summed E-state index contributed by atoms with van der Waals surface area (Å²) in [6.07, 6.45) is 2.23. The fraction of sp³-hybridized carbons (Fsp3) is 0.533. The maximum absolute atomic E-state index is 12.2. The molecular weight excluding hydrogens is 242 g/mol. The number of carbonyl (C=O) groups is 1. The van der Waals surface area contributed by atoms with Gasteiger partial charge in [-0.1, -0.05) is 13.3 Å². The van der Waals surface area contributed by atoms with E-state index in [9.17, 15) is 4.79 Å². The van der Waals surface area contributed by atoms with Crippen LogP contribution in [-0.4, -0.2) is 37.1 Å². The molecule has 0 fully saturated rings. The molecule has 0 aromatic heterocycles. The normalized spacial score (nSPS) is 14.7. The van der Waals surface area contributed by atoms with Crippen LogP contribution >= 0.6 is 0 Å². The maximum atomic E-state index is 12.2. The Hall–Kier alpha value is -1.55. The number of nitrogens with zero attached hydrogens (tertiary/aromatic N) is 1. The second-order valence-corrected chi connectivity index (χ2v) is 5.04. The largest absolute Gasteiger partial charge is 0.454 e. The second kappa shape index (κ2) is 6.06. The molecule has 1 aliphatic heterocycles. The van der Waals surface area contributed by atoms with Crippen molar-refractivity contribution in [1.82, 2.24) is 4.90 Å². The van der Waals surface area contributed by atoms with Gasteiger partial charge in [-0.2, -0.15) is 0 Å². The van der Waals surface area contributed by atoms with E-state index in [4.69, 9.17) is 9.47 Å². The van der Waals surface area contributed by atoms with E-state index >= 15 is 0 Å². The number of Topliss-reactive ketones (excluding diaryl/α,β-unsaturated/α-hetero) is 1. The van der Waals surface area contributed by atoms with Crippen LogP contribution in [0.1, 0.15) is 37.0 Å². The Morgan fingerprint density at radius 3 is 2.84 bits per heavy atom. The number of ether oxygens (including phenoxy) is 2. The number of ketones is 1. The number of hydrogen-bond acceptors (Lipinski definition) is 4. The van der Waals surface area contributed by atoms with Crippen LogP contribution in [0.5, 0.6) is 11.5 Å². The molecule has 1 heterocycles. The first-order valence-corrected chi connectivity index (χ1v) is 6.75. The first-order valence-electron chi connectivity index (χ1n) is 6.75. The van der Waals surface area contributed by atoms with E-state index in [0.717, 1.165) is 12.8 Å². The summed E-state index contributed by atoms with van der Waals surface area (Å²) in [6.45, 7) is 4.97. The molecule has 0 spiro atoms. The number of rotatable bonds is 6. The number of hydrogen-bond donors (Lipinski definition) is 0. The first kappa shape index (κ1) is 13.9. The van der Waals surface area contributed by atoms with Crippen LogP contribution in [0, 0.1) is 0 Å². The van der Waals surface area contributed by atoms with Gasteiger partial charge in [0.05, 0.1) is 6.54 Å². The van der Waals surface area contributed by atoms with Gasteiger partial charge in [0.25, 0.3) is 0 Å². The van der Waals surface area contributed by atoms with Crippen LogP contribution in [0.15, 0.2) is 18.2 Å². The van der Waals surface area contributed by atoms with Gasteiger partial charge in [-0.25, -0.2) is 0 Å². The van der Waals surface area contributed by atoms with Gasteiger partial charge in [0.2, 0.25) is 6.79 Å². The van der Waals surface area contributed by atoms with Gasteiger partial charge >= 0.3 is 0 Å². The number of likely N-dealkylation sites (N-methyl/N-ethyl adjacent to an activating group) is 1. The molecule has 1 aromatic rings. The molecule has 4 nitrogen and oxygen atoms in total. The zero-order valence-electron chi connectivity index (χ0n) is 11.8. The molecule has 1 aliphatic rings. The summed E-state index contributed by atoms with van der Waals surface area (Å²) in [5.74, 6) is 1.49. The molecule has 1 unspecified atom stereocenters. The van der Waals surface area contributed by atoms with Crippen LogP contribution in [-0.2, 0) is 0 Å². The van der Waals surface area contributed by atoms with E-state index in [1.54, 1.807) is 18.2 Å². The Balaban J connectivity index is 2.00. The lowest BCUT2D eigenvalue weighted by atomic mass is 10.1. The third-order valence-corrected chi connectivity index (χ3v) is 3.55. The lowest BCUT2D eigenvalue weighted by Gasteiger charge is -2.23. The summed E-state index contributed by atoms with van der Waals surface area (Å²) < 4.78 is 10.5. The van der Waals surface area contributed by atoms with Crippen LogP contribution < -0.4 is 9.47 Å². The van der Waals surface area contributed by atoms with Gasteiger partial charge in [0.15, 0.2) is 17.3 Å². The highest BCUT2D eigenvalue weighted by atomic mass is 16.7. The third kappa shape index (κ3) is 3.26. The molecule has 1 aromatic carbocycles. The zero-order chi connectivity index (χ0) is 13.8. The molecule has 0 N–H and O–H groups in total. The fourth-order valence-electron chi connectivity index (χ4n) is 2.18. The quantitative estimate of drug-likeness (QED) is 0.740. The summed E-state index contributed by atoms with van der Waals surface area (Å²) >= 11 is 0. The monoisotopic (exact) mass is 263 g/mol. The minimum atomic E-state index is 0.115. The molecule has 1 atom stereocenters. The number of benzene rings is 1. The average molecular weight is 263 g/mol. The van der Waals surface area contributed by atoms with Crippen LogP contribution in [0.3, 0.4) is 0 Å². The van der Waals surface area contributed by atoms with Crippen molar-refractivity contribution in [3.05, 3.63) is 23.8 Å². The van der Waals surface area contributed by atoms with Crippen LogP contribution in [0.25, 0.3) is 0 Å². The summed E-state index contributed by atoms with van der Waals surface area (Å²) in [4.78, 5) is 14.3. The van der Waals surface area contributed by atoms with Crippen molar-refractivity contribution in [1.29, 1.82) is 0 Å². The second-order valence-electron chi connectivity index (χ2n) is 5.04. The van der Waals surface area contributed by atoms with E-state index in [-0.39, 0.29) is 12.6 Å². The van der Waals surface area contributed by atoms with Crippen molar-refractivity contribution in [3.8, 4) is 11.5 Å². The van der Waals surface area contributed by atoms with E-state index in [1.807, 2.05) is 7.05 Å². The highest BCUT2D eigenvalue weighted by molar-refractivity contribution is 5.98. The van der Waals surface area contributed by atoms with Crippen molar-refractivity contribution in [2.24, 2.45) is 0 Å². The lowest BCUT2D eigenvalue weighted by Crippen LogP contribution is -2.33. The molecule has 0 bridgehead atoms. The maximum Gasteiger partial charge on any atom is 0.231 e. The Morgan fingerprint density at radius 1 is 1.37 bits per heavy atom. The highest BCUT2D eigenvalue weighted by Crippen LogP contribution is 2.32. The van der Waals surface area contributed by atoms with Crippen molar-refractivity contribution in [2.45, 2.75) is 32.7 Å². The van der Waals surface area contributed by atoms with Crippen molar-refractivity contribution < 1.29 is 14.3 Å². The predicted octanol–water partition coefficient (Wildman–Crippen LogP) is 2.72. The minimum Gasteiger partial charge on any atom is -0.454 e. The van der Waals surface area contributed by atoms with Gasteiger partial charge in [-0.05, 0) is 38.6 Å². The van der Waals surface area contributed by atoms with Gasteiger partial charge < -0.3 is 9.47 Å². The molecule has 2 rings (SSSR count). The van der Waals surface area contributed by atoms with Gasteiger partial charge in [-0.3, -0.25) is 9.69 Å². The van der Waals surface area contributed by atoms with E-state index < -0.39 is 0 Å². The van der Waals surface area contributed by atoms with Crippen molar-refractivity contribution in [3.63, 3.8) is 0 Å². The van der Waals surface area contributed by atoms with Gasteiger partial charge in [0.1, 0.15) is 0 Å². The Kier molecular flexibility index (Phi) is 4.43. The van der Waals surface area contributed by atoms with E-state index in [1.165, 1.54) is 0 Å². The Bertz CT molecular complexity index is 459. The molecule has 0 saturated carbocycles. The molecule has 0 radical (unpaired) electrons. The van der Waals surface area contributed by atoms with E-state index in [2.05, 4.69) is 18.7 Å². The highest BCUT2D eigenvalue weighted by Gasteiger charge is 2.18. The van der Waals surface area contributed by atoms with Gasteiger partial charge in [-0.15, -0.1) is 0 Å². The number of fused-ring (bicyclic) bond motifs is 1. The fourth-order valence-corrected chi connectivity index (χ4v) is 2.18. The molecule has 0 saturated heterocycles. The van der Waals surface area contributed by atoms with Crippen LogP contribution in [0.4, 0.5) is 0 Å². The molecule has 19 heavy (non-hydrogen) atoms. The lowest BCUT2D eigenvalue weighted by molar-refractivity contribution is 0.0921. The predicted molar refractivity (Wildman–Crippen MR) is 73.9 cm³/mol. The van der Waals surface area contributed by atoms with Gasteiger partial charge in [0, 0.05) is 11.6 Å². The molecular formula is C15H21NO3. The van der Waals surface area contributed by atoms with Crippen molar-refractivity contribution >= 4 is 5.78 Å². The standard InChI is InChI=1S/C15H21NO3/c1-4-5-11(2)16(3)9-13(17)12-6-7-14-15(8-12)19-10-18-14/h6-8,11H,4-5,9-10H2,1-3H3.